The molecule has 1 amide bonds. The summed E-state index contributed by atoms with van der Waals surface area (Å²) >= 11 is 0. The predicted octanol–water partition coefficient (Wildman–Crippen LogP) is 0.771. The Bertz CT molecular complexity index is 643. The Morgan fingerprint density at radius 3 is 2.56 bits per heavy atom. The highest BCUT2D eigenvalue weighted by atomic mass is 32.2. The standard InChI is InChI=1S/C17H27N3O4S/c1-19(10-5-15-3-8-18-9-4-15)17(21)16-6-11-20(12-7-16)25(22,23)14-13-24-2/h3-4,8-9,16H,5-7,10-14H2,1-2H3. The van der Waals surface area contributed by atoms with E-state index in [2.05, 4.69) is 4.98 Å². The van der Waals surface area contributed by atoms with Gasteiger partial charge < -0.3 is 9.64 Å². The molecular formula is C17H27N3O4S. The summed E-state index contributed by atoms with van der Waals surface area (Å²) in [7, 11) is 0.0154. The van der Waals surface area contributed by atoms with Gasteiger partial charge in [0.05, 0.1) is 12.4 Å². The second-order valence-electron chi connectivity index (χ2n) is 6.35. The molecule has 0 bridgehead atoms. The lowest BCUT2D eigenvalue weighted by molar-refractivity contribution is -0.135. The summed E-state index contributed by atoms with van der Waals surface area (Å²) in [6, 6.07) is 3.89. The van der Waals surface area contributed by atoms with E-state index in [-0.39, 0.29) is 24.2 Å². The van der Waals surface area contributed by atoms with Gasteiger partial charge in [0.25, 0.3) is 0 Å². The van der Waals surface area contributed by atoms with Crippen molar-refractivity contribution in [2.75, 3.05) is 46.2 Å². The van der Waals surface area contributed by atoms with Crippen molar-refractivity contribution < 1.29 is 17.9 Å². The van der Waals surface area contributed by atoms with Crippen molar-refractivity contribution in [3.8, 4) is 0 Å². The maximum absolute atomic E-state index is 12.6. The number of carbonyl (C=O) groups is 1. The van der Waals surface area contributed by atoms with Crippen molar-refractivity contribution >= 4 is 15.9 Å². The lowest BCUT2D eigenvalue weighted by Crippen LogP contribution is -2.44. The van der Waals surface area contributed by atoms with Crippen LogP contribution in [0.1, 0.15) is 18.4 Å². The molecule has 1 aliphatic heterocycles. The number of rotatable bonds is 8. The first-order chi connectivity index (χ1) is 11.9. The second kappa shape index (κ2) is 9.26. The molecule has 1 aromatic rings. The van der Waals surface area contributed by atoms with Gasteiger partial charge in [-0.05, 0) is 37.0 Å². The zero-order valence-corrected chi connectivity index (χ0v) is 15.7. The number of hydrogen-bond acceptors (Lipinski definition) is 5. The van der Waals surface area contributed by atoms with E-state index in [1.807, 2.05) is 19.2 Å². The summed E-state index contributed by atoms with van der Waals surface area (Å²) in [6.07, 6.45) is 5.43. The van der Waals surface area contributed by atoms with Crippen LogP contribution >= 0.6 is 0 Å². The number of amides is 1. The molecule has 0 N–H and O–H groups in total. The van der Waals surface area contributed by atoms with E-state index in [9.17, 15) is 13.2 Å². The van der Waals surface area contributed by atoms with Crippen molar-refractivity contribution in [3.05, 3.63) is 30.1 Å². The summed E-state index contributed by atoms with van der Waals surface area (Å²) in [5.74, 6) is -0.00664. The van der Waals surface area contributed by atoms with Crippen LogP contribution in [0, 0.1) is 5.92 Å². The number of likely N-dealkylation sites (N-methyl/N-ethyl adjacent to an activating group) is 1. The average molecular weight is 369 g/mol. The SMILES string of the molecule is COCCS(=O)(=O)N1CCC(C(=O)N(C)CCc2ccncc2)CC1. The summed E-state index contributed by atoms with van der Waals surface area (Å²) in [4.78, 5) is 18.3. The largest absolute Gasteiger partial charge is 0.384 e. The Kier molecular flexibility index (Phi) is 7.34. The molecule has 8 heteroatoms. The first kappa shape index (κ1) is 19.8. The molecule has 1 saturated heterocycles. The van der Waals surface area contributed by atoms with Crippen LogP contribution in [-0.4, -0.2) is 74.7 Å². The molecule has 0 saturated carbocycles. The van der Waals surface area contributed by atoms with Crippen molar-refractivity contribution in [2.24, 2.45) is 5.92 Å². The third-order valence-corrected chi connectivity index (χ3v) is 6.44. The number of nitrogens with zero attached hydrogens (tertiary/aromatic N) is 3. The van der Waals surface area contributed by atoms with E-state index in [1.165, 1.54) is 11.4 Å². The maximum atomic E-state index is 12.6. The molecule has 0 spiro atoms. The Morgan fingerprint density at radius 1 is 1.32 bits per heavy atom. The lowest BCUT2D eigenvalue weighted by Gasteiger charge is -2.32. The van der Waals surface area contributed by atoms with Gasteiger partial charge in [-0.1, -0.05) is 0 Å². The van der Waals surface area contributed by atoms with Gasteiger partial charge in [0, 0.05) is 52.1 Å². The fourth-order valence-electron chi connectivity index (χ4n) is 2.97. The smallest absolute Gasteiger partial charge is 0.225 e. The van der Waals surface area contributed by atoms with Gasteiger partial charge in [-0.25, -0.2) is 12.7 Å². The fraction of sp³-hybridized carbons (Fsp3) is 0.647. The Morgan fingerprint density at radius 2 is 1.96 bits per heavy atom. The summed E-state index contributed by atoms with van der Waals surface area (Å²) < 4.78 is 30.7. The highest BCUT2D eigenvalue weighted by Crippen LogP contribution is 2.21. The van der Waals surface area contributed by atoms with Crippen molar-refractivity contribution in [2.45, 2.75) is 19.3 Å². The van der Waals surface area contributed by atoms with Gasteiger partial charge in [-0.15, -0.1) is 0 Å². The van der Waals surface area contributed by atoms with Crippen molar-refractivity contribution in [1.29, 1.82) is 0 Å². The zero-order chi connectivity index (χ0) is 18.3. The summed E-state index contributed by atoms with van der Waals surface area (Å²) in [5.41, 5.74) is 1.15. The van der Waals surface area contributed by atoms with Gasteiger partial charge in [0.2, 0.25) is 15.9 Å². The van der Waals surface area contributed by atoms with Crippen molar-refractivity contribution in [1.82, 2.24) is 14.2 Å². The second-order valence-corrected chi connectivity index (χ2v) is 8.44. The highest BCUT2D eigenvalue weighted by Gasteiger charge is 2.31. The quantitative estimate of drug-likeness (QED) is 0.676. The monoisotopic (exact) mass is 369 g/mol. The van der Waals surface area contributed by atoms with Crippen LogP contribution in [0.4, 0.5) is 0 Å². The van der Waals surface area contributed by atoms with E-state index < -0.39 is 10.0 Å². The van der Waals surface area contributed by atoms with E-state index >= 15 is 0 Å². The summed E-state index contributed by atoms with van der Waals surface area (Å²) in [5, 5.41) is 0. The summed E-state index contributed by atoms with van der Waals surface area (Å²) in [6.45, 7) is 1.65. The van der Waals surface area contributed by atoms with E-state index in [1.54, 1.807) is 17.3 Å². The fourth-order valence-corrected chi connectivity index (χ4v) is 4.37. The minimum atomic E-state index is -3.28. The Hall–Kier alpha value is -1.51. The molecule has 0 aliphatic carbocycles. The van der Waals surface area contributed by atoms with Crippen LogP contribution in [0.15, 0.2) is 24.5 Å². The number of hydrogen-bond donors (Lipinski definition) is 0. The molecule has 1 fully saturated rings. The third-order valence-electron chi connectivity index (χ3n) is 4.60. The Labute approximate surface area is 150 Å². The Balaban J connectivity index is 1.80. The van der Waals surface area contributed by atoms with E-state index in [0.717, 1.165) is 12.0 Å². The number of methoxy groups -OCH3 is 1. The number of aromatic nitrogens is 1. The number of piperidine rings is 1. The molecule has 0 aromatic carbocycles. The maximum Gasteiger partial charge on any atom is 0.225 e. The van der Waals surface area contributed by atoms with Crippen LogP contribution in [0.25, 0.3) is 0 Å². The van der Waals surface area contributed by atoms with Crippen LogP contribution in [0.5, 0.6) is 0 Å². The van der Waals surface area contributed by atoms with Gasteiger partial charge >= 0.3 is 0 Å². The average Bonchev–Trinajstić information content (AvgIpc) is 2.65. The van der Waals surface area contributed by atoms with Gasteiger partial charge in [0.1, 0.15) is 0 Å². The normalized spacial score (nSPS) is 16.7. The number of pyridine rings is 1. The zero-order valence-electron chi connectivity index (χ0n) is 14.9. The van der Waals surface area contributed by atoms with Crippen molar-refractivity contribution in [3.63, 3.8) is 0 Å². The molecular weight excluding hydrogens is 342 g/mol. The molecule has 25 heavy (non-hydrogen) atoms. The molecule has 7 nitrogen and oxygen atoms in total. The predicted molar refractivity (Wildman–Crippen MR) is 95.5 cm³/mol. The lowest BCUT2D eigenvalue weighted by atomic mass is 9.96. The van der Waals surface area contributed by atoms with Crippen LogP contribution in [0.3, 0.4) is 0 Å². The van der Waals surface area contributed by atoms with Crippen LogP contribution in [0.2, 0.25) is 0 Å². The molecule has 1 aromatic heterocycles. The van der Waals surface area contributed by atoms with Gasteiger partial charge in [-0.2, -0.15) is 0 Å². The first-order valence-corrected chi connectivity index (χ1v) is 10.2. The number of sulfonamides is 1. The molecule has 2 heterocycles. The van der Waals surface area contributed by atoms with E-state index in [0.29, 0.717) is 32.5 Å². The van der Waals surface area contributed by atoms with Crippen LogP contribution < -0.4 is 0 Å². The van der Waals surface area contributed by atoms with E-state index in [4.69, 9.17) is 4.74 Å². The molecule has 1 aliphatic rings. The number of carbonyl (C=O) groups excluding carboxylic acids is 1. The minimum Gasteiger partial charge on any atom is -0.384 e. The molecule has 140 valence electrons. The minimum absolute atomic E-state index is 0.00600. The third kappa shape index (κ3) is 5.76. The number of ether oxygens (including phenoxy) is 1. The molecule has 0 atom stereocenters. The first-order valence-electron chi connectivity index (χ1n) is 8.54. The molecule has 0 radical (unpaired) electrons. The molecule has 0 unspecified atom stereocenters. The molecule has 2 rings (SSSR count). The topological polar surface area (TPSA) is 79.8 Å². The van der Waals surface area contributed by atoms with Gasteiger partial charge in [-0.3, -0.25) is 9.78 Å². The van der Waals surface area contributed by atoms with Gasteiger partial charge in [0.15, 0.2) is 0 Å². The van der Waals surface area contributed by atoms with Crippen LogP contribution in [-0.2, 0) is 26.0 Å². The highest BCUT2D eigenvalue weighted by molar-refractivity contribution is 7.89.